The van der Waals surface area contributed by atoms with Gasteiger partial charge in [0.15, 0.2) is 11.5 Å². The first-order valence-corrected chi connectivity index (χ1v) is 4.10. The van der Waals surface area contributed by atoms with Crippen LogP contribution in [0.3, 0.4) is 0 Å². The summed E-state index contributed by atoms with van der Waals surface area (Å²) in [5, 5.41) is 18.5. The minimum atomic E-state index is -0.125. The number of phenols is 2. The highest BCUT2D eigenvalue weighted by Gasteiger charge is 2.14. The highest BCUT2D eigenvalue weighted by molar-refractivity contribution is 7.98. The van der Waals surface area contributed by atoms with Gasteiger partial charge in [0.1, 0.15) is 0 Å². The predicted octanol–water partition coefficient (Wildman–Crippen LogP) is 1.37. The van der Waals surface area contributed by atoms with E-state index in [1.165, 1.54) is 24.4 Å². The fraction of sp³-hybridized carbons (Fsp3) is 0. The van der Waals surface area contributed by atoms with E-state index in [1.54, 1.807) is 6.07 Å². The van der Waals surface area contributed by atoms with Crippen molar-refractivity contribution < 1.29 is 10.2 Å². The maximum Gasteiger partial charge on any atom is 0.175 e. The molecule has 0 amide bonds. The summed E-state index contributed by atoms with van der Waals surface area (Å²) in [4.78, 5) is 4.52. The summed E-state index contributed by atoms with van der Waals surface area (Å²) in [6, 6.07) is 3.06. The summed E-state index contributed by atoms with van der Waals surface area (Å²) in [5.41, 5.74) is 0.661. The number of hydrogen-bond donors (Lipinski definition) is 3. The zero-order valence-electron chi connectivity index (χ0n) is 5.98. The number of phenolic OH excluding ortho intramolecular Hbond substituents is 2. The molecule has 12 heavy (non-hydrogen) atoms. The smallest absolute Gasteiger partial charge is 0.175 e. The van der Waals surface area contributed by atoms with Crippen LogP contribution in [-0.2, 0) is 0 Å². The van der Waals surface area contributed by atoms with Gasteiger partial charge in [-0.1, -0.05) is 0 Å². The van der Waals surface area contributed by atoms with E-state index in [0.29, 0.717) is 10.6 Å². The minimum absolute atomic E-state index is 0.123. The van der Waals surface area contributed by atoms with E-state index in [-0.39, 0.29) is 11.5 Å². The Morgan fingerprint density at radius 1 is 1.33 bits per heavy atom. The summed E-state index contributed by atoms with van der Waals surface area (Å²) in [7, 11) is 0. The van der Waals surface area contributed by atoms with Crippen molar-refractivity contribution >= 4 is 24.0 Å². The maximum atomic E-state index is 9.36. The Bertz CT molecular complexity index is 352. The standard InChI is InChI=1S/C7H6N2O2S/c10-5-2-1-4-7(6(5)11)12-9-3-8-4/h1-3,10-11H,(H,8,9). The van der Waals surface area contributed by atoms with Crippen LogP contribution < -0.4 is 4.72 Å². The largest absolute Gasteiger partial charge is 0.504 e. The quantitative estimate of drug-likeness (QED) is 0.419. The maximum absolute atomic E-state index is 9.36. The molecule has 0 aliphatic carbocycles. The first-order chi connectivity index (χ1) is 5.79. The van der Waals surface area contributed by atoms with Gasteiger partial charge >= 0.3 is 0 Å². The molecule has 62 valence electrons. The van der Waals surface area contributed by atoms with Gasteiger partial charge in [-0.3, -0.25) is 0 Å². The normalized spacial score (nSPS) is 13.7. The number of nitrogens with zero attached hydrogens (tertiary/aromatic N) is 1. The molecule has 0 spiro atoms. The molecule has 0 fully saturated rings. The number of aliphatic imine (C=N–C) groups is 1. The van der Waals surface area contributed by atoms with Crippen LogP contribution in [0.15, 0.2) is 22.0 Å². The highest BCUT2D eigenvalue weighted by atomic mass is 32.2. The van der Waals surface area contributed by atoms with Crippen LogP contribution in [0.2, 0.25) is 0 Å². The van der Waals surface area contributed by atoms with Gasteiger partial charge < -0.3 is 14.9 Å². The van der Waals surface area contributed by atoms with Gasteiger partial charge in [0.05, 0.1) is 16.9 Å². The molecule has 4 nitrogen and oxygen atoms in total. The van der Waals surface area contributed by atoms with Gasteiger partial charge in [0.2, 0.25) is 0 Å². The summed E-state index contributed by atoms with van der Waals surface area (Å²) in [6.45, 7) is 0. The SMILES string of the molecule is Oc1ccc2c(c1O)SNC=N2. The van der Waals surface area contributed by atoms with Gasteiger partial charge in [-0.15, -0.1) is 0 Å². The Balaban J connectivity index is 2.63. The third-order valence-electron chi connectivity index (χ3n) is 1.51. The summed E-state index contributed by atoms with van der Waals surface area (Å²) < 4.78 is 2.76. The van der Waals surface area contributed by atoms with Crippen molar-refractivity contribution in [3.63, 3.8) is 0 Å². The van der Waals surface area contributed by atoms with Crippen molar-refractivity contribution in [2.75, 3.05) is 0 Å². The predicted molar refractivity (Wildman–Crippen MR) is 46.9 cm³/mol. The lowest BCUT2D eigenvalue weighted by molar-refractivity contribution is 0.395. The van der Waals surface area contributed by atoms with Crippen LogP contribution in [0, 0.1) is 0 Å². The lowest BCUT2D eigenvalue weighted by Gasteiger charge is -2.11. The second kappa shape index (κ2) is 2.60. The van der Waals surface area contributed by atoms with Crippen molar-refractivity contribution in [3.05, 3.63) is 12.1 Å². The fourth-order valence-electron chi connectivity index (χ4n) is 0.934. The van der Waals surface area contributed by atoms with Crippen LogP contribution in [0.5, 0.6) is 11.5 Å². The number of rotatable bonds is 0. The summed E-state index contributed by atoms with van der Waals surface area (Å²) in [6.07, 6.45) is 1.53. The van der Waals surface area contributed by atoms with E-state index in [9.17, 15) is 5.11 Å². The van der Waals surface area contributed by atoms with Crippen LogP contribution in [0.25, 0.3) is 0 Å². The lowest BCUT2D eigenvalue weighted by atomic mass is 10.3. The van der Waals surface area contributed by atoms with E-state index < -0.39 is 0 Å². The van der Waals surface area contributed by atoms with E-state index in [2.05, 4.69) is 9.71 Å². The summed E-state index contributed by atoms with van der Waals surface area (Å²) >= 11 is 1.22. The second-order valence-corrected chi connectivity index (χ2v) is 3.11. The Morgan fingerprint density at radius 3 is 3.00 bits per heavy atom. The van der Waals surface area contributed by atoms with Crippen molar-refractivity contribution in [3.8, 4) is 11.5 Å². The molecule has 0 saturated carbocycles. The van der Waals surface area contributed by atoms with Gasteiger partial charge in [0.25, 0.3) is 0 Å². The molecular formula is C7H6N2O2S. The van der Waals surface area contributed by atoms with Crippen molar-refractivity contribution in [2.24, 2.45) is 4.99 Å². The monoisotopic (exact) mass is 182 g/mol. The number of fused-ring (bicyclic) bond motifs is 1. The molecule has 3 N–H and O–H groups in total. The first-order valence-electron chi connectivity index (χ1n) is 3.29. The molecule has 1 aromatic carbocycles. The lowest BCUT2D eigenvalue weighted by Crippen LogP contribution is -2.02. The molecule has 0 atom stereocenters. The Morgan fingerprint density at radius 2 is 2.17 bits per heavy atom. The zero-order chi connectivity index (χ0) is 8.55. The zero-order valence-corrected chi connectivity index (χ0v) is 6.80. The average molecular weight is 182 g/mol. The third-order valence-corrected chi connectivity index (χ3v) is 2.34. The van der Waals surface area contributed by atoms with Crippen LogP contribution in [0.4, 0.5) is 5.69 Å². The molecule has 0 saturated heterocycles. The Kier molecular flexibility index (Phi) is 1.58. The van der Waals surface area contributed by atoms with E-state index in [1.807, 2.05) is 0 Å². The fourth-order valence-corrected chi connectivity index (χ4v) is 1.58. The topological polar surface area (TPSA) is 64.8 Å². The molecule has 0 bridgehead atoms. The minimum Gasteiger partial charge on any atom is -0.504 e. The molecular weight excluding hydrogens is 176 g/mol. The van der Waals surface area contributed by atoms with Gasteiger partial charge in [-0.05, 0) is 24.1 Å². The van der Waals surface area contributed by atoms with Crippen LogP contribution in [-0.4, -0.2) is 16.6 Å². The first kappa shape index (κ1) is 7.30. The number of benzene rings is 1. The number of aromatic hydroxyl groups is 2. The number of hydrogen-bond acceptors (Lipinski definition) is 5. The molecule has 2 rings (SSSR count). The van der Waals surface area contributed by atoms with Gasteiger partial charge in [-0.25, -0.2) is 4.99 Å². The highest BCUT2D eigenvalue weighted by Crippen LogP contribution is 2.42. The van der Waals surface area contributed by atoms with E-state index in [4.69, 9.17) is 5.11 Å². The van der Waals surface area contributed by atoms with E-state index >= 15 is 0 Å². The number of nitrogens with one attached hydrogen (secondary N) is 1. The van der Waals surface area contributed by atoms with Gasteiger partial charge in [-0.2, -0.15) is 0 Å². The second-order valence-electron chi connectivity index (χ2n) is 2.26. The molecule has 0 aromatic heterocycles. The van der Waals surface area contributed by atoms with Crippen molar-refractivity contribution in [1.29, 1.82) is 0 Å². The molecule has 1 aromatic rings. The molecule has 1 heterocycles. The summed E-state index contributed by atoms with van der Waals surface area (Å²) in [5.74, 6) is -0.248. The molecule has 5 heteroatoms. The molecule has 1 aliphatic rings. The van der Waals surface area contributed by atoms with Crippen molar-refractivity contribution in [2.45, 2.75) is 4.90 Å². The molecule has 0 unspecified atom stereocenters. The van der Waals surface area contributed by atoms with Crippen LogP contribution in [0.1, 0.15) is 0 Å². The Labute approximate surface area is 73.1 Å². The molecule has 1 aliphatic heterocycles. The van der Waals surface area contributed by atoms with Crippen molar-refractivity contribution in [1.82, 2.24) is 4.72 Å². The molecule has 0 radical (unpaired) electrons. The average Bonchev–Trinajstić information content (AvgIpc) is 2.12. The third kappa shape index (κ3) is 0.984. The van der Waals surface area contributed by atoms with Crippen LogP contribution >= 0.6 is 11.9 Å². The Hall–Kier alpha value is -1.36. The van der Waals surface area contributed by atoms with Gasteiger partial charge in [0, 0.05) is 0 Å². The van der Waals surface area contributed by atoms with E-state index in [0.717, 1.165) is 0 Å².